The van der Waals surface area contributed by atoms with Crippen LogP contribution in [0.25, 0.3) is 0 Å². The molecule has 0 aromatic heterocycles. The molecule has 0 aliphatic carbocycles. The molecular weight excluding hydrogens is 286 g/mol. The van der Waals surface area contributed by atoms with Crippen molar-refractivity contribution in [2.45, 2.75) is 25.6 Å². The molecule has 1 fully saturated rings. The molecule has 21 heavy (non-hydrogen) atoms. The van der Waals surface area contributed by atoms with Crippen molar-refractivity contribution in [1.29, 1.82) is 5.41 Å². The zero-order valence-corrected chi connectivity index (χ0v) is 11.4. The van der Waals surface area contributed by atoms with Gasteiger partial charge in [0.25, 0.3) is 0 Å². The lowest BCUT2D eigenvalue weighted by atomic mass is 9.97. The molecule has 1 saturated heterocycles. The lowest BCUT2D eigenvalue weighted by Gasteiger charge is -2.33. The predicted octanol–water partition coefficient (Wildman–Crippen LogP) is 2.88. The highest BCUT2D eigenvalue weighted by Crippen LogP contribution is 2.33. The number of hydrogen-bond donors (Lipinski definition) is 2. The molecule has 1 unspecified atom stereocenters. The molecule has 3 nitrogen and oxygen atoms in total. The number of nitrogen functional groups attached to an aromatic ring is 1. The van der Waals surface area contributed by atoms with Crippen LogP contribution in [-0.4, -0.2) is 30.0 Å². The SMILES string of the molecule is N=C(N)c1cccc(CN2CCCC(C(F)(F)F)C2)c1F. The number of halogens is 4. The van der Waals surface area contributed by atoms with Crippen LogP contribution in [0.15, 0.2) is 18.2 Å². The third kappa shape index (κ3) is 3.72. The number of nitrogens with one attached hydrogen (secondary N) is 1. The minimum Gasteiger partial charge on any atom is -0.384 e. The van der Waals surface area contributed by atoms with Gasteiger partial charge in [-0.3, -0.25) is 10.3 Å². The summed E-state index contributed by atoms with van der Waals surface area (Å²) in [5.41, 5.74) is 5.53. The Morgan fingerprint density at radius 3 is 2.71 bits per heavy atom. The van der Waals surface area contributed by atoms with Crippen LogP contribution in [0.1, 0.15) is 24.0 Å². The molecule has 1 atom stereocenters. The second-order valence-corrected chi connectivity index (χ2v) is 5.31. The van der Waals surface area contributed by atoms with Crippen molar-refractivity contribution in [3.05, 3.63) is 35.1 Å². The first kappa shape index (κ1) is 15.8. The fraction of sp³-hybridized carbons (Fsp3) is 0.500. The van der Waals surface area contributed by atoms with Gasteiger partial charge in [0.1, 0.15) is 11.7 Å². The first-order valence-electron chi connectivity index (χ1n) is 6.70. The molecule has 1 heterocycles. The molecule has 1 aromatic rings. The molecule has 0 spiro atoms. The summed E-state index contributed by atoms with van der Waals surface area (Å²) in [7, 11) is 0. The van der Waals surface area contributed by atoms with Crippen LogP contribution in [0, 0.1) is 17.1 Å². The summed E-state index contributed by atoms with van der Waals surface area (Å²) >= 11 is 0. The monoisotopic (exact) mass is 303 g/mol. The minimum absolute atomic E-state index is 0.0168. The second kappa shape index (κ2) is 6.01. The van der Waals surface area contributed by atoms with Gasteiger partial charge in [0, 0.05) is 18.7 Å². The summed E-state index contributed by atoms with van der Waals surface area (Å²) in [5.74, 6) is -2.37. The smallest absolute Gasteiger partial charge is 0.384 e. The van der Waals surface area contributed by atoms with Crippen molar-refractivity contribution in [3.8, 4) is 0 Å². The minimum atomic E-state index is -4.21. The largest absolute Gasteiger partial charge is 0.393 e. The van der Waals surface area contributed by atoms with Gasteiger partial charge in [-0.2, -0.15) is 13.2 Å². The topological polar surface area (TPSA) is 53.1 Å². The molecule has 2 rings (SSSR count). The molecular formula is C14H17F4N3. The molecule has 1 aromatic carbocycles. The molecule has 0 amide bonds. The van der Waals surface area contributed by atoms with Crippen molar-refractivity contribution in [1.82, 2.24) is 4.90 Å². The number of likely N-dealkylation sites (tertiary alicyclic amines) is 1. The molecule has 3 N–H and O–H groups in total. The van der Waals surface area contributed by atoms with Crippen LogP contribution >= 0.6 is 0 Å². The number of amidine groups is 1. The van der Waals surface area contributed by atoms with E-state index in [4.69, 9.17) is 11.1 Å². The van der Waals surface area contributed by atoms with Gasteiger partial charge in [0.2, 0.25) is 0 Å². The van der Waals surface area contributed by atoms with E-state index >= 15 is 0 Å². The van der Waals surface area contributed by atoms with Crippen molar-refractivity contribution < 1.29 is 17.6 Å². The lowest BCUT2D eigenvalue weighted by Crippen LogP contribution is -2.41. The fourth-order valence-corrected chi connectivity index (χ4v) is 2.62. The summed E-state index contributed by atoms with van der Waals surface area (Å²) in [6.45, 7) is 0.489. The van der Waals surface area contributed by atoms with E-state index in [0.717, 1.165) is 0 Å². The van der Waals surface area contributed by atoms with Gasteiger partial charge in [-0.15, -0.1) is 0 Å². The normalized spacial score (nSPS) is 20.5. The first-order chi connectivity index (χ1) is 9.79. The number of piperidine rings is 1. The van der Waals surface area contributed by atoms with Gasteiger partial charge in [-0.05, 0) is 25.5 Å². The Balaban J connectivity index is 2.12. The quantitative estimate of drug-likeness (QED) is 0.512. The van der Waals surface area contributed by atoms with E-state index in [1.165, 1.54) is 12.1 Å². The molecule has 1 aliphatic heterocycles. The molecule has 0 bridgehead atoms. The summed E-state index contributed by atoms with van der Waals surface area (Å²) in [6, 6.07) is 4.45. The summed E-state index contributed by atoms with van der Waals surface area (Å²) < 4.78 is 52.4. The van der Waals surface area contributed by atoms with Gasteiger partial charge >= 0.3 is 6.18 Å². The van der Waals surface area contributed by atoms with Gasteiger partial charge < -0.3 is 5.73 Å². The number of nitrogens with zero attached hydrogens (tertiary/aromatic N) is 1. The number of rotatable bonds is 3. The highest BCUT2D eigenvalue weighted by molar-refractivity contribution is 5.95. The Hall–Kier alpha value is -1.63. The molecule has 0 radical (unpaired) electrons. The zero-order chi connectivity index (χ0) is 15.6. The van der Waals surface area contributed by atoms with Crippen molar-refractivity contribution in [2.75, 3.05) is 13.1 Å². The maximum Gasteiger partial charge on any atom is 0.393 e. The van der Waals surface area contributed by atoms with E-state index in [-0.39, 0.29) is 36.5 Å². The molecule has 7 heteroatoms. The van der Waals surface area contributed by atoms with Crippen LogP contribution in [0.2, 0.25) is 0 Å². The lowest BCUT2D eigenvalue weighted by molar-refractivity contribution is -0.187. The number of alkyl halides is 3. The summed E-state index contributed by atoms with van der Waals surface area (Å²) in [5, 5.41) is 7.28. The third-order valence-electron chi connectivity index (χ3n) is 3.73. The van der Waals surface area contributed by atoms with E-state index in [0.29, 0.717) is 13.0 Å². The van der Waals surface area contributed by atoms with E-state index < -0.39 is 17.9 Å². The number of hydrogen-bond acceptors (Lipinski definition) is 2. The highest BCUT2D eigenvalue weighted by Gasteiger charge is 2.41. The van der Waals surface area contributed by atoms with Crippen LogP contribution < -0.4 is 5.73 Å². The number of nitrogens with two attached hydrogens (primary N) is 1. The van der Waals surface area contributed by atoms with E-state index in [1.807, 2.05) is 0 Å². The Morgan fingerprint density at radius 1 is 1.38 bits per heavy atom. The average molecular weight is 303 g/mol. The summed E-state index contributed by atoms with van der Waals surface area (Å²) in [4.78, 5) is 1.60. The predicted molar refractivity (Wildman–Crippen MR) is 71.5 cm³/mol. The van der Waals surface area contributed by atoms with Crippen molar-refractivity contribution in [3.63, 3.8) is 0 Å². The fourth-order valence-electron chi connectivity index (χ4n) is 2.62. The molecule has 1 aliphatic rings. The maximum absolute atomic E-state index is 14.1. The summed E-state index contributed by atoms with van der Waals surface area (Å²) in [6.07, 6.45) is -3.65. The highest BCUT2D eigenvalue weighted by atomic mass is 19.4. The van der Waals surface area contributed by atoms with Gasteiger partial charge in [-0.25, -0.2) is 4.39 Å². The Kier molecular flexibility index (Phi) is 4.51. The number of benzene rings is 1. The van der Waals surface area contributed by atoms with Crippen molar-refractivity contribution >= 4 is 5.84 Å². The first-order valence-corrected chi connectivity index (χ1v) is 6.70. The Morgan fingerprint density at radius 2 is 2.10 bits per heavy atom. The Labute approximate surface area is 120 Å². The van der Waals surface area contributed by atoms with Crippen LogP contribution in [0.4, 0.5) is 17.6 Å². The average Bonchev–Trinajstić information content (AvgIpc) is 2.40. The van der Waals surface area contributed by atoms with E-state index in [1.54, 1.807) is 11.0 Å². The van der Waals surface area contributed by atoms with Gasteiger partial charge in [0.05, 0.1) is 11.5 Å². The zero-order valence-electron chi connectivity index (χ0n) is 11.4. The van der Waals surface area contributed by atoms with Crippen LogP contribution in [0.3, 0.4) is 0 Å². The van der Waals surface area contributed by atoms with E-state index in [9.17, 15) is 17.6 Å². The van der Waals surface area contributed by atoms with Gasteiger partial charge in [0.15, 0.2) is 0 Å². The Bertz CT molecular complexity index is 527. The standard InChI is InChI=1S/C14H17F4N3/c15-12-9(3-1-5-11(12)13(19)20)7-21-6-2-4-10(8-21)14(16,17)18/h1,3,5,10H,2,4,6-8H2,(H3,19,20). The third-order valence-corrected chi connectivity index (χ3v) is 3.73. The van der Waals surface area contributed by atoms with Crippen LogP contribution in [-0.2, 0) is 6.54 Å². The van der Waals surface area contributed by atoms with Crippen LogP contribution in [0.5, 0.6) is 0 Å². The second-order valence-electron chi connectivity index (χ2n) is 5.31. The molecule has 116 valence electrons. The van der Waals surface area contributed by atoms with Crippen molar-refractivity contribution in [2.24, 2.45) is 11.7 Å². The maximum atomic E-state index is 14.1. The van der Waals surface area contributed by atoms with Gasteiger partial charge in [-0.1, -0.05) is 12.1 Å². The van der Waals surface area contributed by atoms with E-state index in [2.05, 4.69) is 0 Å². The molecule has 0 saturated carbocycles.